The van der Waals surface area contributed by atoms with E-state index in [0.29, 0.717) is 41.9 Å². The molecule has 2 unspecified atom stereocenters. The van der Waals surface area contributed by atoms with Gasteiger partial charge >= 0.3 is 5.97 Å². The minimum Gasteiger partial charge on any atom is -0.497 e. The standard InChI is InChI=1S/C27H34N4O7/c1-6-38-26(33)22-23(17-14-20(35-3)24(37-5)21(15-17)36-4)28-27(29-25(22)32)31-12-10-30(11-13-31)18-8-7-9-19(16-18)34-2/h7-9,14-16,22-23H,6,10-13H2,1-5H3,(H,28,29,32). The number of rotatable bonds is 8. The van der Waals surface area contributed by atoms with Gasteiger partial charge in [-0.15, -0.1) is 0 Å². The van der Waals surface area contributed by atoms with Crippen molar-refractivity contribution >= 4 is 23.5 Å². The van der Waals surface area contributed by atoms with Gasteiger partial charge in [-0.2, -0.15) is 0 Å². The quantitative estimate of drug-likeness (QED) is 0.409. The smallest absolute Gasteiger partial charge is 0.321 e. The first-order valence-electron chi connectivity index (χ1n) is 12.4. The molecule has 0 spiro atoms. The van der Waals surface area contributed by atoms with E-state index in [1.54, 1.807) is 26.2 Å². The number of methoxy groups -OCH3 is 4. The average molecular weight is 527 g/mol. The van der Waals surface area contributed by atoms with Crippen LogP contribution in [0, 0.1) is 5.92 Å². The molecule has 1 amide bonds. The van der Waals surface area contributed by atoms with Gasteiger partial charge in [0.25, 0.3) is 0 Å². The van der Waals surface area contributed by atoms with E-state index in [2.05, 4.69) is 10.2 Å². The van der Waals surface area contributed by atoms with Crippen molar-refractivity contribution in [3.63, 3.8) is 0 Å². The Labute approximate surface area is 222 Å². The number of carbonyl (C=O) groups excluding carboxylic acids is 2. The summed E-state index contributed by atoms with van der Waals surface area (Å²) in [5, 5.41) is 2.84. The molecule has 0 bridgehead atoms. The first-order chi connectivity index (χ1) is 18.4. The lowest BCUT2D eigenvalue weighted by molar-refractivity contribution is -0.153. The number of piperazine rings is 1. The molecule has 4 rings (SSSR count). The van der Waals surface area contributed by atoms with Gasteiger partial charge in [0.1, 0.15) is 11.8 Å². The van der Waals surface area contributed by atoms with E-state index >= 15 is 0 Å². The van der Waals surface area contributed by atoms with E-state index in [0.717, 1.165) is 24.5 Å². The maximum absolute atomic E-state index is 13.3. The van der Waals surface area contributed by atoms with Crippen molar-refractivity contribution in [1.29, 1.82) is 0 Å². The van der Waals surface area contributed by atoms with E-state index < -0.39 is 23.8 Å². The van der Waals surface area contributed by atoms with Gasteiger partial charge < -0.3 is 33.5 Å². The number of esters is 1. The van der Waals surface area contributed by atoms with Crippen LogP contribution < -0.4 is 29.2 Å². The second kappa shape index (κ2) is 11.9. The summed E-state index contributed by atoms with van der Waals surface area (Å²) in [5.41, 5.74) is 1.64. The number of hydrogen-bond donors (Lipinski definition) is 1. The van der Waals surface area contributed by atoms with Crippen LogP contribution in [0.5, 0.6) is 23.0 Å². The summed E-state index contributed by atoms with van der Waals surface area (Å²) in [6.07, 6.45) is 0. The molecule has 2 aliphatic heterocycles. The number of aliphatic imine (C=N–C) groups is 1. The zero-order valence-electron chi connectivity index (χ0n) is 22.4. The van der Waals surface area contributed by atoms with E-state index in [4.69, 9.17) is 28.7 Å². The summed E-state index contributed by atoms with van der Waals surface area (Å²) in [6.45, 7) is 4.54. The number of anilines is 1. The normalized spacial score (nSPS) is 19.3. The van der Waals surface area contributed by atoms with Crippen molar-refractivity contribution < 1.29 is 33.3 Å². The Kier molecular flexibility index (Phi) is 8.45. The minimum atomic E-state index is -1.17. The number of carbonyl (C=O) groups is 2. The third-order valence-electron chi connectivity index (χ3n) is 6.66. The molecule has 0 saturated carbocycles. The number of benzene rings is 2. The molecule has 2 atom stereocenters. The third kappa shape index (κ3) is 5.41. The molecule has 11 nitrogen and oxygen atoms in total. The first-order valence-corrected chi connectivity index (χ1v) is 12.4. The molecule has 0 radical (unpaired) electrons. The van der Waals surface area contributed by atoms with E-state index in [9.17, 15) is 9.59 Å². The van der Waals surface area contributed by atoms with Crippen LogP contribution in [0.15, 0.2) is 41.4 Å². The van der Waals surface area contributed by atoms with Gasteiger partial charge in [-0.1, -0.05) is 6.07 Å². The van der Waals surface area contributed by atoms with Crippen molar-refractivity contribution in [2.45, 2.75) is 13.0 Å². The molecule has 38 heavy (non-hydrogen) atoms. The SMILES string of the molecule is CCOC(=O)C1C(=O)NC(N2CCN(c3cccc(OC)c3)CC2)=NC1c1cc(OC)c(OC)c(OC)c1. The molecule has 0 aliphatic carbocycles. The number of guanidine groups is 1. The molecule has 2 aromatic carbocycles. The van der Waals surface area contributed by atoms with E-state index in [1.165, 1.54) is 21.3 Å². The Morgan fingerprint density at radius 3 is 2.18 bits per heavy atom. The van der Waals surface area contributed by atoms with Crippen LogP contribution >= 0.6 is 0 Å². The van der Waals surface area contributed by atoms with Gasteiger partial charge in [0.15, 0.2) is 17.4 Å². The average Bonchev–Trinajstić information content (AvgIpc) is 2.96. The van der Waals surface area contributed by atoms with Crippen molar-refractivity contribution in [2.75, 3.05) is 66.1 Å². The summed E-state index contributed by atoms with van der Waals surface area (Å²) in [7, 11) is 6.17. The Morgan fingerprint density at radius 2 is 1.61 bits per heavy atom. The molecular weight excluding hydrogens is 492 g/mol. The van der Waals surface area contributed by atoms with Crippen LogP contribution in [0.25, 0.3) is 0 Å². The summed E-state index contributed by atoms with van der Waals surface area (Å²) >= 11 is 0. The van der Waals surface area contributed by atoms with Crippen LogP contribution in [0.3, 0.4) is 0 Å². The Balaban J connectivity index is 1.64. The van der Waals surface area contributed by atoms with Gasteiger partial charge in [0, 0.05) is 37.9 Å². The summed E-state index contributed by atoms with van der Waals surface area (Å²) in [4.78, 5) is 35.3. The van der Waals surface area contributed by atoms with Crippen molar-refractivity contribution in [2.24, 2.45) is 10.9 Å². The monoisotopic (exact) mass is 526 g/mol. The van der Waals surface area contributed by atoms with Gasteiger partial charge in [-0.25, -0.2) is 4.99 Å². The second-order valence-corrected chi connectivity index (χ2v) is 8.75. The molecule has 2 aromatic rings. The molecule has 0 aromatic heterocycles. The maximum Gasteiger partial charge on any atom is 0.321 e. The number of hydrogen-bond acceptors (Lipinski definition) is 10. The van der Waals surface area contributed by atoms with Crippen molar-refractivity contribution in [3.8, 4) is 23.0 Å². The summed E-state index contributed by atoms with van der Waals surface area (Å²) < 4.78 is 27.0. The fraction of sp³-hybridized carbons (Fsp3) is 0.444. The van der Waals surface area contributed by atoms with Crippen molar-refractivity contribution in [3.05, 3.63) is 42.0 Å². The highest BCUT2D eigenvalue weighted by atomic mass is 16.5. The molecule has 1 N–H and O–H groups in total. The fourth-order valence-corrected chi connectivity index (χ4v) is 4.72. The molecular formula is C27H34N4O7. The highest BCUT2D eigenvalue weighted by Gasteiger charge is 2.43. The molecule has 204 valence electrons. The molecule has 2 aliphatic rings. The van der Waals surface area contributed by atoms with Gasteiger partial charge in [-0.3, -0.25) is 14.9 Å². The molecule has 1 saturated heterocycles. The predicted molar refractivity (Wildman–Crippen MR) is 141 cm³/mol. The van der Waals surface area contributed by atoms with Crippen LogP contribution in [0.4, 0.5) is 5.69 Å². The predicted octanol–water partition coefficient (Wildman–Crippen LogP) is 2.25. The Hall–Kier alpha value is -4.15. The van der Waals surface area contributed by atoms with Gasteiger partial charge in [0.05, 0.1) is 35.0 Å². The largest absolute Gasteiger partial charge is 0.497 e. The van der Waals surface area contributed by atoms with Crippen LogP contribution in [0.1, 0.15) is 18.5 Å². The summed E-state index contributed by atoms with van der Waals surface area (Å²) in [6, 6.07) is 10.5. The number of amides is 1. The van der Waals surface area contributed by atoms with E-state index in [-0.39, 0.29) is 6.61 Å². The topological polar surface area (TPSA) is 111 Å². The van der Waals surface area contributed by atoms with Crippen LogP contribution in [0.2, 0.25) is 0 Å². The van der Waals surface area contributed by atoms with Crippen LogP contribution in [-0.4, -0.2) is 84.0 Å². The van der Waals surface area contributed by atoms with Gasteiger partial charge in [0.2, 0.25) is 17.6 Å². The van der Waals surface area contributed by atoms with Crippen LogP contribution in [-0.2, 0) is 14.3 Å². The zero-order valence-corrected chi connectivity index (χ0v) is 22.4. The molecule has 11 heteroatoms. The fourth-order valence-electron chi connectivity index (χ4n) is 4.72. The van der Waals surface area contributed by atoms with Crippen molar-refractivity contribution in [1.82, 2.24) is 10.2 Å². The Morgan fingerprint density at radius 1 is 0.947 bits per heavy atom. The summed E-state index contributed by atoms with van der Waals surface area (Å²) in [5.74, 6) is 0.144. The Bertz CT molecular complexity index is 1170. The van der Waals surface area contributed by atoms with Gasteiger partial charge in [-0.05, 0) is 36.8 Å². The zero-order chi connectivity index (χ0) is 27.2. The highest BCUT2D eigenvalue weighted by molar-refractivity contribution is 6.08. The third-order valence-corrected chi connectivity index (χ3v) is 6.66. The van der Waals surface area contributed by atoms with E-state index in [1.807, 2.05) is 29.2 Å². The lowest BCUT2D eigenvalue weighted by atomic mass is 9.90. The number of nitrogens with zero attached hydrogens (tertiary/aromatic N) is 3. The minimum absolute atomic E-state index is 0.146. The highest BCUT2D eigenvalue weighted by Crippen LogP contribution is 2.42. The lowest BCUT2D eigenvalue weighted by Gasteiger charge is -2.39. The molecule has 2 heterocycles. The maximum atomic E-state index is 13.3. The number of nitrogens with one attached hydrogen (secondary N) is 1. The number of ether oxygens (including phenoxy) is 5. The lowest BCUT2D eigenvalue weighted by Crippen LogP contribution is -2.57. The second-order valence-electron chi connectivity index (χ2n) is 8.75. The first kappa shape index (κ1) is 26.9. The molecule has 1 fully saturated rings.